The largest absolute Gasteiger partial charge is 0.401 e. The van der Waals surface area contributed by atoms with Crippen molar-refractivity contribution in [1.82, 2.24) is 15.5 Å². The Labute approximate surface area is 187 Å². The van der Waals surface area contributed by atoms with Gasteiger partial charge in [0.1, 0.15) is 0 Å². The molecular formula is C18H28F3IN4O2S. The van der Waals surface area contributed by atoms with Gasteiger partial charge in [0.25, 0.3) is 0 Å². The zero-order chi connectivity index (χ0) is 20.9. The molecule has 1 fully saturated rings. The van der Waals surface area contributed by atoms with Crippen LogP contribution < -0.4 is 10.6 Å². The Kier molecular flexibility index (Phi) is 9.67. The van der Waals surface area contributed by atoms with Crippen LogP contribution in [0.5, 0.6) is 0 Å². The first-order chi connectivity index (χ1) is 13.0. The summed E-state index contributed by atoms with van der Waals surface area (Å²) in [5.41, 5.74) is 1.59. The van der Waals surface area contributed by atoms with Gasteiger partial charge in [0.2, 0.25) is 0 Å². The molecule has 0 amide bonds. The number of guanidine groups is 1. The number of halogens is 4. The molecule has 0 radical (unpaired) electrons. The summed E-state index contributed by atoms with van der Waals surface area (Å²) in [6.07, 6.45) is -2.27. The Morgan fingerprint density at radius 2 is 2.00 bits per heavy atom. The lowest BCUT2D eigenvalue weighted by Crippen LogP contribution is -2.40. The average Bonchev–Trinajstić information content (AvgIpc) is 2.99. The number of rotatable bonds is 6. The van der Waals surface area contributed by atoms with Crippen molar-refractivity contribution in [3.63, 3.8) is 0 Å². The Morgan fingerprint density at radius 1 is 1.31 bits per heavy atom. The second-order valence-electron chi connectivity index (χ2n) is 7.18. The van der Waals surface area contributed by atoms with E-state index in [2.05, 4.69) is 15.6 Å². The van der Waals surface area contributed by atoms with Gasteiger partial charge in [0.15, 0.2) is 15.8 Å². The van der Waals surface area contributed by atoms with Gasteiger partial charge in [0, 0.05) is 32.9 Å². The lowest BCUT2D eigenvalue weighted by molar-refractivity contribution is -0.143. The number of sulfone groups is 1. The molecule has 0 spiro atoms. The van der Waals surface area contributed by atoms with Gasteiger partial charge in [0.05, 0.1) is 11.4 Å². The van der Waals surface area contributed by atoms with Gasteiger partial charge in [-0.1, -0.05) is 12.1 Å². The van der Waals surface area contributed by atoms with Crippen LogP contribution in [-0.4, -0.2) is 64.9 Å². The number of likely N-dealkylation sites (tertiary alicyclic amines) is 1. The monoisotopic (exact) mass is 548 g/mol. The van der Waals surface area contributed by atoms with Crippen molar-refractivity contribution in [3.05, 3.63) is 29.3 Å². The molecule has 2 N–H and O–H groups in total. The first-order valence-corrected chi connectivity index (χ1v) is 10.9. The molecule has 1 aliphatic rings. The molecule has 1 heterocycles. The van der Waals surface area contributed by atoms with E-state index >= 15 is 0 Å². The summed E-state index contributed by atoms with van der Waals surface area (Å²) in [6, 6.07) is 5.14. The Hall–Kier alpha value is -1.08. The second-order valence-corrected chi connectivity index (χ2v) is 9.17. The molecule has 1 atom stereocenters. The van der Waals surface area contributed by atoms with E-state index in [0.29, 0.717) is 49.0 Å². The summed E-state index contributed by atoms with van der Waals surface area (Å²) in [7, 11) is -1.63. The minimum Gasteiger partial charge on any atom is -0.356 e. The van der Waals surface area contributed by atoms with Gasteiger partial charge < -0.3 is 10.6 Å². The topological polar surface area (TPSA) is 73.8 Å². The Morgan fingerprint density at radius 3 is 2.55 bits per heavy atom. The third-order valence-corrected chi connectivity index (χ3v) is 5.91. The maximum Gasteiger partial charge on any atom is 0.401 e. The number of nitrogens with one attached hydrogen (secondary N) is 2. The fraction of sp³-hybridized carbons (Fsp3) is 0.611. The summed E-state index contributed by atoms with van der Waals surface area (Å²) in [4.78, 5) is 5.86. The third kappa shape index (κ3) is 8.67. The second kappa shape index (κ2) is 10.8. The molecular weight excluding hydrogens is 520 g/mol. The highest BCUT2D eigenvalue weighted by Gasteiger charge is 2.34. The zero-order valence-corrected chi connectivity index (χ0v) is 19.9. The van der Waals surface area contributed by atoms with Crippen LogP contribution in [0, 0.1) is 12.8 Å². The summed E-state index contributed by atoms with van der Waals surface area (Å²) in [6.45, 7) is 2.74. The van der Waals surface area contributed by atoms with Crippen LogP contribution in [0.25, 0.3) is 0 Å². The molecule has 0 saturated carbocycles. The summed E-state index contributed by atoms with van der Waals surface area (Å²) in [5, 5.41) is 6.29. The van der Waals surface area contributed by atoms with E-state index in [1.807, 2.05) is 6.07 Å². The van der Waals surface area contributed by atoms with E-state index in [-0.39, 0.29) is 29.9 Å². The Bertz CT molecular complexity index is 816. The molecule has 1 aromatic carbocycles. The van der Waals surface area contributed by atoms with Crippen LogP contribution in [-0.2, 0) is 16.4 Å². The van der Waals surface area contributed by atoms with E-state index in [0.717, 1.165) is 5.56 Å². The number of nitrogens with zero attached hydrogens (tertiary/aromatic N) is 2. The van der Waals surface area contributed by atoms with Crippen LogP contribution in [0.15, 0.2) is 28.1 Å². The number of hydrogen-bond acceptors (Lipinski definition) is 4. The van der Waals surface area contributed by atoms with Gasteiger partial charge >= 0.3 is 6.18 Å². The van der Waals surface area contributed by atoms with Crippen molar-refractivity contribution in [1.29, 1.82) is 0 Å². The van der Waals surface area contributed by atoms with Gasteiger partial charge in [-0.15, -0.1) is 24.0 Å². The average molecular weight is 548 g/mol. The van der Waals surface area contributed by atoms with E-state index in [4.69, 9.17) is 0 Å². The number of benzene rings is 1. The smallest absolute Gasteiger partial charge is 0.356 e. The van der Waals surface area contributed by atoms with Crippen molar-refractivity contribution in [2.75, 3.05) is 39.5 Å². The zero-order valence-electron chi connectivity index (χ0n) is 16.7. The Balaban J connectivity index is 0.00000420. The number of aryl methyl sites for hydroxylation is 1. The summed E-state index contributed by atoms with van der Waals surface area (Å²) < 4.78 is 60.7. The quantitative estimate of drug-likeness (QED) is 0.325. The molecule has 0 aromatic heterocycles. The minimum absolute atomic E-state index is 0. The first kappa shape index (κ1) is 26.0. The predicted molar refractivity (Wildman–Crippen MR) is 119 cm³/mol. The van der Waals surface area contributed by atoms with Crippen LogP contribution in [0.2, 0.25) is 0 Å². The van der Waals surface area contributed by atoms with Crippen LogP contribution >= 0.6 is 24.0 Å². The third-order valence-electron chi connectivity index (χ3n) is 4.65. The SMILES string of the molecule is CN=C(NCc1ccc(S(C)(=O)=O)c(C)c1)NCC1CCN(CC(F)(F)F)C1.I. The fourth-order valence-electron chi connectivity index (χ4n) is 3.36. The van der Waals surface area contributed by atoms with Crippen molar-refractivity contribution < 1.29 is 21.6 Å². The van der Waals surface area contributed by atoms with E-state index in [9.17, 15) is 21.6 Å². The first-order valence-electron chi connectivity index (χ1n) is 9.01. The molecule has 0 bridgehead atoms. The van der Waals surface area contributed by atoms with E-state index in [1.165, 1.54) is 11.2 Å². The van der Waals surface area contributed by atoms with Crippen molar-refractivity contribution in [2.45, 2.75) is 31.0 Å². The van der Waals surface area contributed by atoms with Crippen molar-refractivity contribution in [2.24, 2.45) is 10.9 Å². The molecule has 1 saturated heterocycles. The summed E-state index contributed by atoms with van der Waals surface area (Å²) in [5.74, 6) is 0.691. The minimum atomic E-state index is -4.16. The van der Waals surface area contributed by atoms with Crippen molar-refractivity contribution >= 4 is 39.8 Å². The van der Waals surface area contributed by atoms with Gasteiger partial charge in [-0.2, -0.15) is 13.2 Å². The lowest BCUT2D eigenvalue weighted by Gasteiger charge is -2.19. The van der Waals surface area contributed by atoms with Gasteiger partial charge in [-0.05, 0) is 43.0 Å². The number of alkyl halides is 3. The van der Waals surface area contributed by atoms with Crippen LogP contribution in [0.4, 0.5) is 13.2 Å². The summed E-state index contributed by atoms with van der Waals surface area (Å²) >= 11 is 0. The molecule has 166 valence electrons. The molecule has 29 heavy (non-hydrogen) atoms. The van der Waals surface area contributed by atoms with Crippen LogP contribution in [0.3, 0.4) is 0 Å². The van der Waals surface area contributed by atoms with Crippen molar-refractivity contribution in [3.8, 4) is 0 Å². The molecule has 1 unspecified atom stereocenters. The van der Waals surface area contributed by atoms with E-state index < -0.39 is 22.6 Å². The standard InChI is InChI=1S/C18H27F3N4O2S.HI/c1-13-8-14(4-5-16(13)28(3,26)27)9-23-17(22-2)24-10-15-6-7-25(11-15)12-18(19,20)21;/h4-5,8,15H,6-7,9-12H2,1-3H3,(H2,22,23,24);1H. The number of hydrogen-bond donors (Lipinski definition) is 2. The maximum atomic E-state index is 12.5. The molecule has 0 aliphatic carbocycles. The lowest BCUT2D eigenvalue weighted by atomic mass is 10.1. The molecule has 11 heteroatoms. The highest BCUT2D eigenvalue weighted by molar-refractivity contribution is 14.0. The predicted octanol–water partition coefficient (Wildman–Crippen LogP) is 2.57. The van der Waals surface area contributed by atoms with Gasteiger partial charge in [-0.3, -0.25) is 9.89 Å². The normalized spacial score (nSPS) is 18.4. The molecule has 2 rings (SSSR count). The fourth-order valence-corrected chi connectivity index (χ4v) is 4.32. The molecule has 1 aliphatic heterocycles. The highest BCUT2D eigenvalue weighted by Crippen LogP contribution is 2.22. The number of aliphatic imine (C=N–C) groups is 1. The van der Waals surface area contributed by atoms with Gasteiger partial charge in [-0.25, -0.2) is 8.42 Å². The molecule has 6 nitrogen and oxygen atoms in total. The van der Waals surface area contributed by atoms with E-state index in [1.54, 1.807) is 26.1 Å². The highest BCUT2D eigenvalue weighted by atomic mass is 127. The van der Waals surface area contributed by atoms with Crippen LogP contribution in [0.1, 0.15) is 17.5 Å². The maximum absolute atomic E-state index is 12.5. The molecule has 1 aromatic rings.